The molecule has 0 aliphatic heterocycles. The van der Waals surface area contributed by atoms with E-state index in [4.69, 9.17) is 4.74 Å². The van der Waals surface area contributed by atoms with Gasteiger partial charge in [0.1, 0.15) is 0 Å². The summed E-state index contributed by atoms with van der Waals surface area (Å²) in [6.45, 7) is -0.182. The number of methoxy groups -OCH3 is 1. The Morgan fingerprint density at radius 2 is 2.05 bits per heavy atom. The number of carbonyl (C=O) groups excluding carboxylic acids is 1. The SMILES string of the molecule is COc1ccc(NC(=O)NC(CO)c2ccccc2)cn1. The number of benzene rings is 1. The third-order valence-corrected chi connectivity index (χ3v) is 2.89. The lowest BCUT2D eigenvalue weighted by molar-refractivity contribution is 0.225. The Labute approximate surface area is 122 Å². The molecule has 0 aliphatic carbocycles. The van der Waals surface area contributed by atoms with Crippen molar-refractivity contribution >= 4 is 11.7 Å². The smallest absolute Gasteiger partial charge is 0.319 e. The second kappa shape index (κ2) is 7.25. The summed E-state index contributed by atoms with van der Waals surface area (Å²) < 4.78 is 4.94. The van der Waals surface area contributed by atoms with E-state index in [0.717, 1.165) is 5.56 Å². The molecular formula is C15H17N3O3. The lowest BCUT2D eigenvalue weighted by atomic mass is 10.1. The van der Waals surface area contributed by atoms with Crippen LogP contribution in [0, 0.1) is 0 Å². The van der Waals surface area contributed by atoms with E-state index in [9.17, 15) is 9.90 Å². The molecule has 1 aromatic heterocycles. The summed E-state index contributed by atoms with van der Waals surface area (Å²) in [4.78, 5) is 15.9. The first-order chi connectivity index (χ1) is 10.2. The number of carbonyl (C=O) groups is 1. The lowest BCUT2D eigenvalue weighted by Crippen LogP contribution is -2.34. The molecule has 1 unspecified atom stereocenters. The molecule has 0 spiro atoms. The van der Waals surface area contributed by atoms with Crippen LogP contribution in [-0.4, -0.2) is 29.8 Å². The zero-order chi connectivity index (χ0) is 15.1. The van der Waals surface area contributed by atoms with Crippen molar-refractivity contribution < 1.29 is 14.6 Å². The van der Waals surface area contributed by atoms with Crippen molar-refractivity contribution in [2.45, 2.75) is 6.04 Å². The average molecular weight is 287 g/mol. The predicted molar refractivity (Wildman–Crippen MR) is 79.2 cm³/mol. The monoisotopic (exact) mass is 287 g/mol. The van der Waals surface area contributed by atoms with Crippen molar-refractivity contribution in [3.05, 3.63) is 54.2 Å². The van der Waals surface area contributed by atoms with Crippen LogP contribution in [0.2, 0.25) is 0 Å². The first-order valence-electron chi connectivity index (χ1n) is 6.46. The van der Waals surface area contributed by atoms with Crippen LogP contribution in [0.25, 0.3) is 0 Å². The number of hydrogen-bond acceptors (Lipinski definition) is 4. The number of ether oxygens (including phenoxy) is 1. The molecule has 0 saturated carbocycles. The van der Waals surface area contributed by atoms with Crippen molar-refractivity contribution in [3.8, 4) is 5.88 Å². The molecule has 110 valence electrons. The van der Waals surface area contributed by atoms with Crippen LogP contribution in [-0.2, 0) is 0 Å². The van der Waals surface area contributed by atoms with Gasteiger partial charge >= 0.3 is 6.03 Å². The maximum atomic E-state index is 11.9. The number of nitrogens with one attached hydrogen (secondary N) is 2. The Hall–Kier alpha value is -2.60. The number of hydrogen-bond donors (Lipinski definition) is 3. The largest absolute Gasteiger partial charge is 0.481 e. The molecule has 0 radical (unpaired) electrons. The summed E-state index contributed by atoms with van der Waals surface area (Å²) in [7, 11) is 1.52. The average Bonchev–Trinajstić information content (AvgIpc) is 2.54. The van der Waals surface area contributed by atoms with E-state index in [0.29, 0.717) is 11.6 Å². The van der Waals surface area contributed by atoms with Crippen molar-refractivity contribution in [2.75, 3.05) is 19.0 Å². The molecule has 6 nitrogen and oxygen atoms in total. The van der Waals surface area contributed by atoms with Gasteiger partial charge in [0.25, 0.3) is 0 Å². The van der Waals surface area contributed by atoms with E-state index in [2.05, 4.69) is 15.6 Å². The van der Waals surface area contributed by atoms with Crippen LogP contribution in [0.1, 0.15) is 11.6 Å². The van der Waals surface area contributed by atoms with E-state index in [1.165, 1.54) is 13.3 Å². The Kier molecular flexibility index (Phi) is 5.11. The summed E-state index contributed by atoms with van der Waals surface area (Å²) in [5.41, 5.74) is 1.38. The molecular weight excluding hydrogens is 270 g/mol. The number of anilines is 1. The summed E-state index contributed by atoms with van der Waals surface area (Å²) in [6.07, 6.45) is 1.49. The molecule has 0 bridgehead atoms. The molecule has 3 N–H and O–H groups in total. The first kappa shape index (κ1) is 14.8. The van der Waals surface area contributed by atoms with Gasteiger partial charge in [-0.25, -0.2) is 9.78 Å². The highest BCUT2D eigenvalue weighted by Crippen LogP contribution is 2.13. The van der Waals surface area contributed by atoms with Gasteiger partial charge in [-0.15, -0.1) is 0 Å². The number of rotatable bonds is 5. The minimum atomic E-state index is -0.461. The van der Waals surface area contributed by atoms with Gasteiger partial charge in [0, 0.05) is 6.07 Å². The van der Waals surface area contributed by atoms with Gasteiger partial charge in [0.2, 0.25) is 5.88 Å². The van der Waals surface area contributed by atoms with Crippen molar-refractivity contribution in [3.63, 3.8) is 0 Å². The predicted octanol–water partition coefficient (Wildman–Crippen LogP) is 1.95. The quantitative estimate of drug-likeness (QED) is 0.785. The van der Waals surface area contributed by atoms with Gasteiger partial charge in [-0.2, -0.15) is 0 Å². The Balaban J connectivity index is 1.96. The lowest BCUT2D eigenvalue weighted by Gasteiger charge is -2.17. The summed E-state index contributed by atoms with van der Waals surface area (Å²) in [5, 5.41) is 14.7. The summed E-state index contributed by atoms with van der Waals surface area (Å²) in [6, 6.07) is 11.7. The molecule has 2 aromatic rings. The second-order valence-corrected chi connectivity index (χ2v) is 4.33. The van der Waals surface area contributed by atoms with E-state index in [-0.39, 0.29) is 6.61 Å². The number of amides is 2. The third kappa shape index (κ3) is 4.19. The molecule has 2 rings (SSSR count). The van der Waals surface area contributed by atoms with E-state index in [1.807, 2.05) is 30.3 Å². The van der Waals surface area contributed by atoms with Gasteiger partial charge in [0.15, 0.2) is 0 Å². The number of aliphatic hydroxyl groups is 1. The molecule has 0 saturated heterocycles. The van der Waals surface area contributed by atoms with Crippen LogP contribution in [0.3, 0.4) is 0 Å². The first-order valence-corrected chi connectivity index (χ1v) is 6.46. The molecule has 2 amide bonds. The highest BCUT2D eigenvalue weighted by Gasteiger charge is 2.13. The Bertz CT molecular complexity index is 572. The fourth-order valence-corrected chi connectivity index (χ4v) is 1.82. The number of aliphatic hydroxyl groups excluding tert-OH is 1. The van der Waals surface area contributed by atoms with E-state index in [1.54, 1.807) is 12.1 Å². The number of pyridine rings is 1. The van der Waals surface area contributed by atoms with Crippen LogP contribution in [0.15, 0.2) is 48.7 Å². The van der Waals surface area contributed by atoms with Crippen molar-refractivity contribution in [2.24, 2.45) is 0 Å². The minimum absolute atomic E-state index is 0.182. The Morgan fingerprint density at radius 3 is 2.62 bits per heavy atom. The molecule has 0 aliphatic rings. The Morgan fingerprint density at radius 1 is 1.29 bits per heavy atom. The highest BCUT2D eigenvalue weighted by molar-refractivity contribution is 5.89. The second-order valence-electron chi connectivity index (χ2n) is 4.33. The van der Waals surface area contributed by atoms with E-state index < -0.39 is 12.1 Å². The van der Waals surface area contributed by atoms with Crippen LogP contribution in [0.4, 0.5) is 10.5 Å². The molecule has 1 heterocycles. The molecule has 6 heteroatoms. The third-order valence-electron chi connectivity index (χ3n) is 2.89. The number of urea groups is 1. The zero-order valence-electron chi connectivity index (χ0n) is 11.6. The molecule has 1 aromatic carbocycles. The summed E-state index contributed by atoms with van der Waals surface area (Å²) in [5.74, 6) is 0.471. The topological polar surface area (TPSA) is 83.5 Å². The molecule has 21 heavy (non-hydrogen) atoms. The van der Waals surface area contributed by atoms with Gasteiger partial charge in [0.05, 0.1) is 31.6 Å². The molecule has 1 atom stereocenters. The maximum Gasteiger partial charge on any atom is 0.319 e. The van der Waals surface area contributed by atoms with Gasteiger partial charge in [-0.1, -0.05) is 30.3 Å². The van der Waals surface area contributed by atoms with Crippen LogP contribution >= 0.6 is 0 Å². The fourth-order valence-electron chi connectivity index (χ4n) is 1.82. The number of nitrogens with zero attached hydrogens (tertiary/aromatic N) is 1. The maximum absolute atomic E-state index is 11.9. The zero-order valence-corrected chi connectivity index (χ0v) is 11.6. The van der Waals surface area contributed by atoms with Crippen LogP contribution in [0.5, 0.6) is 5.88 Å². The van der Waals surface area contributed by atoms with Crippen molar-refractivity contribution in [1.29, 1.82) is 0 Å². The van der Waals surface area contributed by atoms with E-state index >= 15 is 0 Å². The normalized spacial score (nSPS) is 11.5. The fraction of sp³-hybridized carbons (Fsp3) is 0.200. The van der Waals surface area contributed by atoms with Gasteiger partial charge in [-0.05, 0) is 11.6 Å². The number of aromatic nitrogens is 1. The highest BCUT2D eigenvalue weighted by atomic mass is 16.5. The minimum Gasteiger partial charge on any atom is -0.481 e. The summed E-state index contributed by atoms with van der Waals surface area (Å²) >= 11 is 0. The molecule has 0 fully saturated rings. The van der Waals surface area contributed by atoms with Crippen molar-refractivity contribution in [1.82, 2.24) is 10.3 Å². The standard InChI is InChI=1S/C15H17N3O3/c1-21-14-8-7-12(9-16-14)17-15(20)18-13(10-19)11-5-3-2-4-6-11/h2-9,13,19H,10H2,1H3,(H2,17,18,20). The van der Waals surface area contributed by atoms with Gasteiger partial charge in [-0.3, -0.25) is 0 Å². The van der Waals surface area contributed by atoms with Gasteiger partial charge < -0.3 is 20.5 Å². The van der Waals surface area contributed by atoms with Crippen LogP contribution < -0.4 is 15.4 Å².